The summed E-state index contributed by atoms with van der Waals surface area (Å²) in [6.07, 6.45) is 4.10. The number of nitrogens with zero attached hydrogens (tertiary/aromatic N) is 2. The number of hydrogen-bond acceptors (Lipinski definition) is 3. The Morgan fingerprint density at radius 3 is 2.48 bits per heavy atom. The van der Waals surface area contributed by atoms with Gasteiger partial charge in [0.2, 0.25) is 5.91 Å². The molecule has 2 saturated heterocycles. The first-order chi connectivity index (χ1) is 9.91. The predicted molar refractivity (Wildman–Crippen MR) is 81.0 cm³/mol. The zero-order valence-corrected chi connectivity index (χ0v) is 13.4. The van der Waals surface area contributed by atoms with Crippen molar-refractivity contribution in [3.05, 3.63) is 0 Å². The van der Waals surface area contributed by atoms with Gasteiger partial charge in [-0.1, -0.05) is 13.3 Å². The highest BCUT2D eigenvalue weighted by Crippen LogP contribution is 2.30. The Hall–Kier alpha value is -1.10. The van der Waals surface area contributed by atoms with Gasteiger partial charge < -0.3 is 10.0 Å². The standard InChI is InChI=1S/C16H28N2O3/c1-11-9-14(19)18(13(3)15(11)16(20)21)10-12(2)17-7-5-4-6-8-17/h11-13,15H,4-10H2,1-3H3,(H,20,21). The molecule has 0 aliphatic carbocycles. The topological polar surface area (TPSA) is 60.9 Å². The minimum absolute atomic E-state index is 0.0773. The van der Waals surface area contributed by atoms with Gasteiger partial charge in [-0.2, -0.15) is 0 Å². The van der Waals surface area contributed by atoms with Crippen molar-refractivity contribution in [3.63, 3.8) is 0 Å². The molecule has 0 aromatic heterocycles. The Bertz CT molecular complexity index is 393. The van der Waals surface area contributed by atoms with Crippen LogP contribution in [0.15, 0.2) is 0 Å². The highest BCUT2D eigenvalue weighted by Gasteiger charge is 2.42. The van der Waals surface area contributed by atoms with Crippen LogP contribution in [0, 0.1) is 11.8 Å². The van der Waals surface area contributed by atoms with Gasteiger partial charge >= 0.3 is 5.97 Å². The smallest absolute Gasteiger partial charge is 0.308 e. The molecule has 2 aliphatic rings. The van der Waals surface area contributed by atoms with E-state index in [4.69, 9.17) is 0 Å². The SMILES string of the molecule is CC1CC(=O)N(CC(C)N2CCCCC2)C(C)C1C(=O)O. The Morgan fingerprint density at radius 1 is 1.29 bits per heavy atom. The Kier molecular flexibility index (Phi) is 5.25. The van der Waals surface area contributed by atoms with Crippen molar-refractivity contribution in [1.29, 1.82) is 0 Å². The Labute approximate surface area is 127 Å². The number of aliphatic carboxylic acids is 1. The third-order valence-corrected chi connectivity index (χ3v) is 5.20. The first kappa shape index (κ1) is 16.3. The van der Waals surface area contributed by atoms with Gasteiger partial charge in [0.15, 0.2) is 0 Å². The molecule has 0 radical (unpaired) electrons. The largest absolute Gasteiger partial charge is 0.481 e. The molecule has 5 heteroatoms. The summed E-state index contributed by atoms with van der Waals surface area (Å²) in [6.45, 7) is 8.75. The van der Waals surface area contributed by atoms with Gasteiger partial charge in [-0.3, -0.25) is 14.5 Å². The molecule has 4 atom stereocenters. The van der Waals surface area contributed by atoms with E-state index >= 15 is 0 Å². The summed E-state index contributed by atoms with van der Waals surface area (Å²) >= 11 is 0. The normalized spacial score (nSPS) is 33.0. The number of likely N-dealkylation sites (tertiary alicyclic amines) is 2. The van der Waals surface area contributed by atoms with Crippen LogP contribution < -0.4 is 0 Å². The minimum atomic E-state index is -0.780. The fourth-order valence-electron chi connectivity index (χ4n) is 3.89. The van der Waals surface area contributed by atoms with Crippen molar-refractivity contribution in [2.45, 2.75) is 58.5 Å². The second-order valence-electron chi connectivity index (χ2n) is 6.78. The fourth-order valence-corrected chi connectivity index (χ4v) is 3.89. The fraction of sp³-hybridized carbons (Fsp3) is 0.875. The zero-order valence-electron chi connectivity index (χ0n) is 13.4. The van der Waals surface area contributed by atoms with Gasteiger partial charge in [-0.25, -0.2) is 0 Å². The lowest BCUT2D eigenvalue weighted by molar-refractivity contribution is -0.155. The molecular weight excluding hydrogens is 268 g/mol. The number of carbonyl (C=O) groups excluding carboxylic acids is 1. The summed E-state index contributed by atoms with van der Waals surface area (Å²) in [7, 11) is 0. The lowest BCUT2D eigenvalue weighted by Crippen LogP contribution is -2.56. The molecule has 2 fully saturated rings. The van der Waals surface area contributed by atoms with Gasteiger partial charge in [0, 0.05) is 25.0 Å². The van der Waals surface area contributed by atoms with Crippen molar-refractivity contribution in [2.75, 3.05) is 19.6 Å². The van der Waals surface area contributed by atoms with E-state index in [-0.39, 0.29) is 17.9 Å². The quantitative estimate of drug-likeness (QED) is 0.859. The molecule has 1 amide bonds. The van der Waals surface area contributed by atoms with E-state index in [1.54, 1.807) is 4.90 Å². The lowest BCUT2D eigenvalue weighted by atomic mass is 9.81. The summed E-state index contributed by atoms with van der Waals surface area (Å²) in [5.74, 6) is -1.20. The second-order valence-corrected chi connectivity index (χ2v) is 6.78. The number of amides is 1. The average Bonchev–Trinajstić information content (AvgIpc) is 2.43. The maximum Gasteiger partial charge on any atom is 0.308 e. The first-order valence-corrected chi connectivity index (χ1v) is 8.18. The molecule has 2 rings (SSSR count). The van der Waals surface area contributed by atoms with Gasteiger partial charge in [-0.05, 0) is 45.7 Å². The van der Waals surface area contributed by atoms with Gasteiger partial charge in [-0.15, -0.1) is 0 Å². The molecule has 2 aliphatic heterocycles. The van der Waals surface area contributed by atoms with E-state index in [0.717, 1.165) is 13.1 Å². The summed E-state index contributed by atoms with van der Waals surface area (Å²) in [5, 5.41) is 9.42. The molecule has 4 unspecified atom stereocenters. The van der Waals surface area contributed by atoms with Crippen LogP contribution in [0.4, 0.5) is 0 Å². The third kappa shape index (κ3) is 3.57. The predicted octanol–water partition coefficient (Wildman–Crippen LogP) is 1.82. The molecule has 0 bridgehead atoms. The first-order valence-electron chi connectivity index (χ1n) is 8.18. The van der Waals surface area contributed by atoms with Crippen molar-refractivity contribution >= 4 is 11.9 Å². The molecule has 0 aromatic carbocycles. The summed E-state index contributed by atoms with van der Waals surface area (Å²) in [6, 6.07) is 0.0885. The number of carbonyl (C=O) groups is 2. The molecular formula is C16H28N2O3. The van der Waals surface area contributed by atoms with Crippen molar-refractivity contribution in [3.8, 4) is 0 Å². The number of carboxylic acids is 1. The van der Waals surface area contributed by atoms with Crippen LogP contribution in [-0.2, 0) is 9.59 Å². The number of hydrogen-bond donors (Lipinski definition) is 1. The van der Waals surface area contributed by atoms with Crippen molar-refractivity contribution in [1.82, 2.24) is 9.80 Å². The van der Waals surface area contributed by atoms with Gasteiger partial charge in [0.05, 0.1) is 5.92 Å². The van der Waals surface area contributed by atoms with E-state index in [1.165, 1.54) is 19.3 Å². The average molecular weight is 296 g/mol. The maximum absolute atomic E-state index is 12.3. The number of piperidine rings is 2. The highest BCUT2D eigenvalue weighted by atomic mass is 16.4. The highest BCUT2D eigenvalue weighted by molar-refractivity contribution is 5.81. The molecule has 5 nitrogen and oxygen atoms in total. The van der Waals surface area contributed by atoms with E-state index in [9.17, 15) is 14.7 Å². The molecule has 0 spiro atoms. The molecule has 0 saturated carbocycles. The van der Waals surface area contributed by atoms with Crippen LogP contribution in [0.25, 0.3) is 0 Å². The Morgan fingerprint density at radius 2 is 1.90 bits per heavy atom. The summed E-state index contributed by atoms with van der Waals surface area (Å²) < 4.78 is 0. The molecule has 2 heterocycles. The molecule has 1 N–H and O–H groups in total. The van der Waals surface area contributed by atoms with E-state index in [1.807, 2.05) is 13.8 Å². The van der Waals surface area contributed by atoms with E-state index in [0.29, 0.717) is 19.0 Å². The molecule has 120 valence electrons. The van der Waals surface area contributed by atoms with E-state index in [2.05, 4.69) is 11.8 Å². The maximum atomic E-state index is 12.3. The van der Waals surface area contributed by atoms with Crippen LogP contribution in [0.2, 0.25) is 0 Å². The number of carboxylic acid groups (broad SMARTS) is 1. The monoisotopic (exact) mass is 296 g/mol. The second kappa shape index (κ2) is 6.77. The van der Waals surface area contributed by atoms with Crippen LogP contribution in [0.5, 0.6) is 0 Å². The Balaban J connectivity index is 2.02. The van der Waals surface area contributed by atoms with Crippen LogP contribution in [0.3, 0.4) is 0 Å². The van der Waals surface area contributed by atoms with Crippen LogP contribution >= 0.6 is 0 Å². The van der Waals surface area contributed by atoms with Crippen LogP contribution in [-0.4, -0.2) is 58.5 Å². The summed E-state index contributed by atoms with van der Waals surface area (Å²) in [4.78, 5) is 28.0. The zero-order chi connectivity index (χ0) is 15.6. The lowest BCUT2D eigenvalue weighted by Gasteiger charge is -2.43. The van der Waals surface area contributed by atoms with Crippen molar-refractivity contribution in [2.24, 2.45) is 11.8 Å². The summed E-state index contributed by atoms with van der Waals surface area (Å²) in [5.41, 5.74) is 0. The van der Waals surface area contributed by atoms with Crippen molar-refractivity contribution < 1.29 is 14.7 Å². The number of rotatable bonds is 4. The minimum Gasteiger partial charge on any atom is -0.481 e. The van der Waals surface area contributed by atoms with Crippen LogP contribution in [0.1, 0.15) is 46.5 Å². The molecule has 0 aromatic rings. The van der Waals surface area contributed by atoms with E-state index < -0.39 is 11.9 Å². The molecule has 21 heavy (non-hydrogen) atoms. The van der Waals surface area contributed by atoms with Gasteiger partial charge in [0.25, 0.3) is 0 Å². The third-order valence-electron chi connectivity index (χ3n) is 5.20. The van der Waals surface area contributed by atoms with Gasteiger partial charge in [0.1, 0.15) is 0 Å².